The van der Waals surface area contributed by atoms with Crippen LogP contribution >= 0.6 is 0 Å². The number of hydrogen-bond donors (Lipinski definition) is 1. The van der Waals surface area contributed by atoms with Crippen molar-refractivity contribution in [2.45, 2.75) is 6.54 Å². The molecule has 0 saturated carbocycles. The zero-order chi connectivity index (χ0) is 18.7. The van der Waals surface area contributed by atoms with E-state index in [9.17, 15) is 22.0 Å². The van der Waals surface area contributed by atoms with Gasteiger partial charge in [-0.2, -0.15) is 0 Å². The Bertz CT molecular complexity index is 903. The number of anilines is 1. The molecule has 1 amide bonds. The first-order chi connectivity index (χ1) is 12.3. The van der Waals surface area contributed by atoms with E-state index < -0.39 is 21.5 Å². The number of rotatable bonds is 4. The molecule has 1 aromatic carbocycles. The summed E-state index contributed by atoms with van der Waals surface area (Å²) in [5, 5.41) is 2.86. The maximum atomic E-state index is 13.6. The Morgan fingerprint density at radius 2 is 1.88 bits per heavy atom. The van der Waals surface area contributed by atoms with E-state index in [2.05, 4.69) is 10.3 Å². The summed E-state index contributed by atoms with van der Waals surface area (Å²) in [4.78, 5) is 17.9. The van der Waals surface area contributed by atoms with Gasteiger partial charge in [-0.3, -0.25) is 4.79 Å². The van der Waals surface area contributed by atoms with Crippen LogP contribution in [0.2, 0.25) is 0 Å². The molecule has 0 unspecified atom stereocenters. The van der Waals surface area contributed by atoms with Crippen LogP contribution in [0.1, 0.15) is 15.9 Å². The van der Waals surface area contributed by atoms with Gasteiger partial charge >= 0.3 is 0 Å². The maximum Gasteiger partial charge on any atom is 0.255 e. The lowest BCUT2D eigenvalue weighted by molar-refractivity contribution is 0.0770. The molecule has 1 aliphatic heterocycles. The summed E-state index contributed by atoms with van der Waals surface area (Å²) in [6.45, 7) is 0.383. The van der Waals surface area contributed by atoms with Gasteiger partial charge in [-0.1, -0.05) is 0 Å². The minimum Gasteiger partial charge on any atom is -0.366 e. The molecule has 6 nitrogen and oxygen atoms in total. The smallest absolute Gasteiger partial charge is 0.255 e. The van der Waals surface area contributed by atoms with E-state index in [1.807, 2.05) is 0 Å². The van der Waals surface area contributed by atoms with Crippen molar-refractivity contribution in [3.8, 4) is 0 Å². The van der Waals surface area contributed by atoms with E-state index in [1.54, 1.807) is 12.1 Å². The van der Waals surface area contributed by atoms with Crippen molar-refractivity contribution in [3.63, 3.8) is 0 Å². The lowest BCUT2D eigenvalue weighted by atomic mass is 10.2. The Balaban J connectivity index is 1.61. The number of amides is 1. The van der Waals surface area contributed by atoms with Gasteiger partial charge in [0.15, 0.2) is 9.84 Å². The molecule has 1 saturated heterocycles. The third-order valence-electron chi connectivity index (χ3n) is 4.11. The average Bonchev–Trinajstić information content (AvgIpc) is 2.62. The Morgan fingerprint density at radius 1 is 1.15 bits per heavy atom. The lowest BCUT2D eigenvalue weighted by Gasteiger charge is -2.26. The highest BCUT2D eigenvalue weighted by Crippen LogP contribution is 2.14. The Labute approximate surface area is 149 Å². The maximum absolute atomic E-state index is 13.6. The Kier molecular flexibility index (Phi) is 5.17. The second-order valence-corrected chi connectivity index (χ2v) is 8.27. The third-order valence-corrected chi connectivity index (χ3v) is 5.72. The van der Waals surface area contributed by atoms with E-state index in [1.165, 1.54) is 11.1 Å². The summed E-state index contributed by atoms with van der Waals surface area (Å²) >= 11 is 0. The summed E-state index contributed by atoms with van der Waals surface area (Å²) in [7, 11) is -3.06. The normalized spacial score (nSPS) is 16.3. The molecule has 0 atom stereocenters. The van der Waals surface area contributed by atoms with Crippen molar-refractivity contribution in [2.24, 2.45) is 0 Å². The molecule has 2 aromatic rings. The number of aromatic nitrogens is 1. The molecule has 138 valence electrons. The number of nitrogens with zero attached hydrogens (tertiary/aromatic N) is 2. The van der Waals surface area contributed by atoms with Crippen molar-refractivity contribution in [2.75, 3.05) is 29.9 Å². The van der Waals surface area contributed by atoms with E-state index >= 15 is 0 Å². The quantitative estimate of drug-likeness (QED) is 0.874. The van der Waals surface area contributed by atoms with Crippen molar-refractivity contribution in [3.05, 3.63) is 59.3 Å². The third kappa shape index (κ3) is 4.34. The van der Waals surface area contributed by atoms with E-state index in [4.69, 9.17) is 0 Å². The molecule has 0 aliphatic carbocycles. The van der Waals surface area contributed by atoms with Crippen LogP contribution in [0.4, 0.5) is 14.6 Å². The standard InChI is InChI=1S/C17H17F2N3O3S/c18-14-2-3-15(19)13(9-14)11-21-16-4-1-12(10-20-16)17(23)22-5-7-26(24,25)8-6-22/h1-4,9-10H,5-8,11H2,(H,20,21). The summed E-state index contributed by atoms with van der Waals surface area (Å²) in [6, 6.07) is 6.32. The van der Waals surface area contributed by atoms with Gasteiger partial charge in [-0.25, -0.2) is 22.2 Å². The lowest BCUT2D eigenvalue weighted by Crippen LogP contribution is -2.43. The van der Waals surface area contributed by atoms with Crippen LogP contribution in [0.15, 0.2) is 36.5 Å². The molecule has 1 aliphatic rings. The molecule has 0 radical (unpaired) electrons. The predicted molar refractivity (Wildman–Crippen MR) is 92.5 cm³/mol. The fourth-order valence-corrected chi connectivity index (χ4v) is 3.79. The van der Waals surface area contributed by atoms with Crippen LogP contribution in [-0.2, 0) is 16.4 Å². The second-order valence-electron chi connectivity index (χ2n) is 5.97. The van der Waals surface area contributed by atoms with Gasteiger partial charge in [0.25, 0.3) is 5.91 Å². The van der Waals surface area contributed by atoms with E-state index in [0.29, 0.717) is 11.4 Å². The van der Waals surface area contributed by atoms with Gasteiger partial charge in [0.1, 0.15) is 17.5 Å². The fraction of sp³-hybridized carbons (Fsp3) is 0.294. The molecule has 9 heteroatoms. The van der Waals surface area contributed by atoms with E-state index in [0.717, 1.165) is 18.2 Å². The van der Waals surface area contributed by atoms with Gasteiger partial charge in [0.2, 0.25) is 0 Å². The molecule has 26 heavy (non-hydrogen) atoms. The largest absolute Gasteiger partial charge is 0.366 e. The van der Waals surface area contributed by atoms with Gasteiger partial charge in [-0.05, 0) is 30.3 Å². The number of halogens is 2. The molecule has 0 bridgehead atoms. The van der Waals surface area contributed by atoms with Crippen LogP contribution in [0, 0.1) is 11.6 Å². The van der Waals surface area contributed by atoms with Crippen LogP contribution in [0.3, 0.4) is 0 Å². The molecular formula is C17H17F2N3O3S. The predicted octanol–water partition coefficient (Wildman–Crippen LogP) is 1.84. The molecule has 1 fully saturated rings. The highest BCUT2D eigenvalue weighted by Gasteiger charge is 2.25. The highest BCUT2D eigenvalue weighted by atomic mass is 32.2. The SMILES string of the molecule is O=C(c1ccc(NCc2cc(F)ccc2F)nc1)N1CCS(=O)(=O)CC1. The number of hydrogen-bond acceptors (Lipinski definition) is 5. The Morgan fingerprint density at radius 3 is 2.54 bits per heavy atom. The molecule has 1 aromatic heterocycles. The zero-order valence-corrected chi connectivity index (χ0v) is 14.6. The van der Waals surface area contributed by atoms with Gasteiger partial charge in [0, 0.05) is 31.4 Å². The summed E-state index contributed by atoms with van der Waals surface area (Å²) in [6.07, 6.45) is 1.37. The second kappa shape index (κ2) is 7.36. The van der Waals surface area contributed by atoms with Crippen LogP contribution in [-0.4, -0.2) is 48.8 Å². The molecule has 2 heterocycles. The van der Waals surface area contributed by atoms with E-state index in [-0.39, 0.29) is 42.6 Å². The van der Waals surface area contributed by atoms with Crippen molar-refractivity contribution in [1.82, 2.24) is 9.88 Å². The summed E-state index contributed by atoms with van der Waals surface area (Å²) < 4.78 is 49.6. The molecular weight excluding hydrogens is 364 g/mol. The topological polar surface area (TPSA) is 79.4 Å². The van der Waals surface area contributed by atoms with Gasteiger partial charge in [0.05, 0.1) is 17.1 Å². The van der Waals surface area contributed by atoms with Crippen LogP contribution < -0.4 is 5.32 Å². The molecule has 3 rings (SSSR count). The first kappa shape index (κ1) is 18.2. The van der Waals surface area contributed by atoms with Gasteiger partial charge < -0.3 is 10.2 Å². The minimum absolute atomic E-state index is 0.0367. The molecule has 0 spiro atoms. The minimum atomic E-state index is -3.06. The van der Waals surface area contributed by atoms with Crippen molar-refractivity contribution in [1.29, 1.82) is 0 Å². The summed E-state index contributed by atoms with van der Waals surface area (Å²) in [5.41, 5.74) is 0.508. The Hall–Kier alpha value is -2.55. The average molecular weight is 381 g/mol. The number of nitrogens with one attached hydrogen (secondary N) is 1. The van der Waals surface area contributed by atoms with Crippen LogP contribution in [0.5, 0.6) is 0 Å². The van der Waals surface area contributed by atoms with Crippen molar-refractivity contribution >= 4 is 21.6 Å². The first-order valence-corrected chi connectivity index (χ1v) is 9.80. The first-order valence-electron chi connectivity index (χ1n) is 7.98. The number of benzene rings is 1. The fourth-order valence-electron chi connectivity index (χ4n) is 2.59. The van der Waals surface area contributed by atoms with Crippen molar-refractivity contribution < 1.29 is 22.0 Å². The molecule has 1 N–H and O–H groups in total. The number of pyridine rings is 1. The zero-order valence-electron chi connectivity index (χ0n) is 13.8. The van der Waals surface area contributed by atoms with Crippen LogP contribution in [0.25, 0.3) is 0 Å². The number of carbonyl (C=O) groups is 1. The monoisotopic (exact) mass is 381 g/mol. The highest BCUT2D eigenvalue weighted by molar-refractivity contribution is 7.91. The number of sulfone groups is 1. The number of carbonyl (C=O) groups excluding carboxylic acids is 1. The van der Waals surface area contributed by atoms with Gasteiger partial charge in [-0.15, -0.1) is 0 Å². The summed E-state index contributed by atoms with van der Waals surface area (Å²) in [5.74, 6) is -0.997.